The zero-order chi connectivity index (χ0) is 18.5. The van der Waals surface area contributed by atoms with Crippen molar-refractivity contribution in [1.82, 2.24) is 9.88 Å². The van der Waals surface area contributed by atoms with Gasteiger partial charge in [-0.2, -0.15) is 0 Å². The van der Waals surface area contributed by atoms with Crippen LogP contribution in [-0.4, -0.2) is 48.9 Å². The number of amides is 2. The van der Waals surface area contributed by atoms with Crippen molar-refractivity contribution in [2.45, 2.75) is 12.8 Å². The molecule has 1 aliphatic heterocycles. The van der Waals surface area contributed by atoms with Crippen LogP contribution in [0.25, 0.3) is 0 Å². The van der Waals surface area contributed by atoms with Crippen molar-refractivity contribution >= 4 is 23.3 Å². The second-order valence-corrected chi connectivity index (χ2v) is 6.72. The van der Waals surface area contributed by atoms with Gasteiger partial charge in [0.2, 0.25) is 5.91 Å². The summed E-state index contributed by atoms with van der Waals surface area (Å²) in [5, 5.41) is 2.85. The van der Waals surface area contributed by atoms with Crippen molar-refractivity contribution in [2.24, 2.45) is 5.92 Å². The Labute approximate surface area is 153 Å². The van der Waals surface area contributed by atoms with Crippen LogP contribution in [0.2, 0.25) is 0 Å². The minimum absolute atomic E-state index is 0.0228. The lowest BCUT2D eigenvalue weighted by Crippen LogP contribution is -2.41. The lowest BCUT2D eigenvalue weighted by molar-refractivity contribution is -0.121. The van der Waals surface area contributed by atoms with Crippen molar-refractivity contribution in [3.8, 4) is 0 Å². The van der Waals surface area contributed by atoms with Gasteiger partial charge in [-0.3, -0.25) is 9.59 Å². The summed E-state index contributed by atoms with van der Waals surface area (Å²) in [7, 11) is 3.91. The normalized spacial score (nSPS) is 14.8. The Morgan fingerprint density at radius 3 is 2.54 bits per heavy atom. The summed E-state index contributed by atoms with van der Waals surface area (Å²) < 4.78 is 0. The Balaban J connectivity index is 1.57. The Hall–Kier alpha value is -2.89. The van der Waals surface area contributed by atoms with E-state index in [4.69, 9.17) is 0 Å². The van der Waals surface area contributed by atoms with Crippen molar-refractivity contribution < 1.29 is 9.59 Å². The first-order valence-electron chi connectivity index (χ1n) is 8.83. The van der Waals surface area contributed by atoms with E-state index >= 15 is 0 Å². The van der Waals surface area contributed by atoms with Crippen molar-refractivity contribution in [3.05, 3.63) is 54.2 Å². The summed E-state index contributed by atoms with van der Waals surface area (Å²) in [5.41, 5.74) is 1.69. The number of anilines is 2. The van der Waals surface area contributed by atoms with Crippen LogP contribution < -0.4 is 10.2 Å². The van der Waals surface area contributed by atoms with Gasteiger partial charge < -0.3 is 15.1 Å². The molecule has 1 N–H and O–H groups in total. The number of likely N-dealkylation sites (tertiary alicyclic amines) is 1. The number of hydrogen-bond acceptors (Lipinski definition) is 4. The lowest BCUT2D eigenvalue weighted by Gasteiger charge is -2.31. The second-order valence-electron chi connectivity index (χ2n) is 6.72. The molecule has 26 heavy (non-hydrogen) atoms. The Morgan fingerprint density at radius 2 is 1.88 bits per heavy atom. The molecule has 1 saturated heterocycles. The Kier molecular flexibility index (Phi) is 5.51. The predicted octanol–water partition coefficient (Wildman–Crippen LogP) is 2.64. The highest BCUT2D eigenvalue weighted by Gasteiger charge is 2.28. The zero-order valence-electron chi connectivity index (χ0n) is 15.2. The first kappa shape index (κ1) is 17.9. The third kappa shape index (κ3) is 4.20. The van der Waals surface area contributed by atoms with Crippen LogP contribution in [-0.2, 0) is 4.79 Å². The van der Waals surface area contributed by atoms with Gasteiger partial charge in [0.1, 0.15) is 5.82 Å². The van der Waals surface area contributed by atoms with Gasteiger partial charge >= 0.3 is 0 Å². The number of carbonyl (C=O) groups is 2. The van der Waals surface area contributed by atoms with Crippen LogP contribution in [0.1, 0.15) is 23.2 Å². The third-order valence-corrected chi connectivity index (χ3v) is 4.68. The predicted molar refractivity (Wildman–Crippen MR) is 102 cm³/mol. The Morgan fingerprint density at radius 1 is 1.12 bits per heavy atom. The van der Waals surface area contributed by atoms with E-state index in [0.29, 0.717) is 37.3 Å². The highest BCUT2D eigenvalue weighted by Crippen LogP contribution is 2.22. The van der Waals surface area contributed by atoms with E-state index in [2.05, 4.69) is 10.3 Å². The van der Waals surface area contributed by atoms with Gasteiger partial charge in [-0.15, -0.1) is 0 Å². The van der Waals surface area contributed by atoms with E-state index in [9.17, 15) is 9.59 Å². The van der Waals surface area contributed by atoms with E-state index < -0.39 is 0 Å². The fraction of sp³-hybridized carbons (Fsp3) is 0.350. The van der Waals surface area contributed by atoms with Crippen molar-refractivity contribution in [3.63, 3.8) is 0 Å². The maximum absolute atomic E-state index is 12.7. The number of nitrogens with one attached hydrogen (secondary N) is 1. The molecule has 2 aromatic rings. The number of benzene rings is 1. The summed E-state index contributed by atoms with van der Waals surface area (Å²) >= 11 is 0. The third-order valence-electron chi connectivity index (χ3n) is 4.68. The Bertz CT molecular complexity index is 768. The number of pyridine rings is 1. The lowest BCUT2D eigenvalue weighted by atomic mass is 9.95. The molecule has 0 spiro atoms. The van der Waals surface area contributed by atoms with Crippen LogP contribution in [0.5, 0.6) is 0 Å². The molecule has 0 saturated carbocycles. The van der Waals surface area contributed by atoms with Crippen LogP contribution in [0, 0.1) is 5.92 Å². The summed E-state index contributed by atoms with van der Waals surface area (Å²) in [5.74, 6) is 0.480. The average molecular weight is 352 g/mol. The molecule has 2 heterocycles. The van der Waals surface area contributed by atoms with Gasteiger partial charge in [-0.25, -0.2) is 4.98 Å². The van der Waals surface area contributed by atoms with E-state index in [1.807, 2.05) is 60.3 Å². The summed E-state index contributed by atoms with van der Waals surface area (Å²) in [6.45, 7) is 1.18. The van der Waals surface area contributed by atoms with E-state index in [1.54, 1.807) is 12.3 Å². The maximum Gasteiger partial charge on any atom is 0.253 e. The zero-order valence-corrected chi connectivity index (χ0v) is 15.2. The molecule has 0 bridgehead atoms. The van der Waals surface area contributed by atoms with E-state index in [1.165, 1.54) is 0 Å². The number of carbonyl (C=O) groups excluding carboxylic acids is 2. The fourth-order valence-electron chi connectivity index (χ4n) is 3.11. The van der Waals surface area contributed by atoms with Gasteiger partial charge in [0.05, 0.1) is 0 Å². The SMILES string of the molecule is CN(C)c1cccc(C(=O)N2CCC(C(=O)Nc3ccccn3)CC2)c1. The van der Waals surface area contributed by atoms with Gasteiger partial charge in [-0.1, -0.05) is 12.1 Å². The van der Waals surface area contributed by atoms with Gasteiger partial charge in [-0.05, 0) is 43.2 Å². The molecule has 6 heteroatoms. The van der Waals surface area contributed by atoms with Crippen LogP contribution >= 0.6 is 0 Å². The molecule has 1 fully saturated rings. The molecule has 2 amide bonds. The maximum atomic E-state index is 12.7. The molecule has 1 aromatic heterocycles. The standard InChI is InChI=1S/C20H24N4O2/c1-23(2)17-7-5-6-16(14-17)20(26)24-12-9-15(10-13-24)19(25)22-18-8-3-4-11-21-18/h3-8,11,14-15H,9-10,12-13H2,1-2H3,(H,21,22,25). The molecule has 1 aliphatic rings. The quantitative estimate of drug-likeness (QED) is 0.919. The van der Waals surface area contributed by atoms with Gasteiger partial charge in [0.25, 0.3) is 5.91 Å². The van der Waals surface area contributed by atoms with Crippen molar-refractivity contribution in [1.29, 1.82) is 0 Å². The van der Waals surface area contributed by atoms with Crippen LogP contribution in [0.3, 0.4) is 0 Å². The van der Waals surface area contributed by atoms with Crippen molar-refractivity contribution in [2.75, 3.05) is 37.4 Å². The molecule has 0 atom stereocenters. The van der Waals surface area contributed by atoms with E-state index in [0.717, 1.165) is 5.69 Å². The number of piperidine rings is 1. The number of nitrogens with zero attached hydrogens (tertiary/aromatic N) is 3. The van der Waals surface area contributed by atoms with Gasteiger partial charge in [0, 0.05) is 50.6 Å². The number of aromatic nitrogens is 1. The largest absolute Gasteiger partial charge is 0.378 e. The summed E-state index contributed by atoms with van der Waals surface area (Å²) in [6, 6.07) is 13.0. The molecule has 0 aliphatic carbocycles. The molecule has 0 radical (unpaired) electrons. The molecular weight excluding hydrogens is 328 g/mol. The minimum Gasteiger partial charge on any atom is -0.378 e. The first-order chi connectivity index (χ1) is 12.5. The second kappa shape index (κ2) is 7.99. The number of rotatable bonds is 4. The molecule has 1 aromatic carbocycles. The topological polar surface area (TPSA) is 65.5 Å². The number of hydrogen-bond donors (Lipinski definition) is 1. The van der Waals surface area contributed by atoms with Gasteiger partial charge in [0.15, 0.2) is 0 Å². The van der Waals surface area contributed by atoms with Crippen LogP contribution in [0.15, 0.2) is 48.7 Å². The molecular formula is C20H24N4O2. The van der Waals surface area contributed by atoms with E-state index in [-0.39, 0.29) is 17.7 Å². The molecule has 3 rings (SSSR count). The fourth-order valence-corrected chi connectivity index (χ4v) is 3.11. The summed E-state index contributed by atoms with van der Waals surface area (Å²) in [6.07, 6.45) is 2.98. The highest BCUT2D eigenvalue weighted by molar-refractivity contribution is 5.96. The monoisotopic (exact) mass is 352 g/mol. The minimum atomic E-state index is -0.0887. The van der Waals surface area contributed by atoms with Crippen LogP contribution in [0.4, 0.5) is 11.5 Å². The highest BCUT2D eigenvalue weighted by atomic mass is 16.2. The first-order valence-corrected chi connectivity index (χ1v) is 8.83. The molecule has 0 unspecified atom stereocenters. The molecule has 136 valence electrons. The summed E-state index contributed by atoms with van der Waals surface area (Å²) in [4.78, 5) is 33.0. The average Bonchev–Trinajstić information content (AvgIpc) is 2.68. The molecule has 6 nitrogen and oxygen atoms in total. The smallest absolute Gasteiger partial charge is 0.253 e.